The normalized spacial score (nSPS) is 14.1. The molecule has 2 atom stereocenters. The van der Waals surface area contributed by atoms with Crippen LogP contribution in [0.25, 0.3) is 0 Å². The summed E-state index contributed by atoms with van der Waals surface area (Å²) in [5.41, 5.74) is 1.64. The van der Waals surface area contributed by atoms with Gasteiger partial charge in [0.25, 0.3) is 5.91 Å². The van der Waals surface area contributed by atoms with E-state index in [-0.39, 0.29) is 22.9 Å². The van der Waals surface area contributed by atoms with Crippen LogP contribution in [0.3, 0.4) is 0 Å². The van der Waals surface area contributed by atoms with E-state index in [1.165, 1.54) is 31.8 Å². The van der Waals surface area contributed by atoms with Crippen molar-refractivity contribution in [3.8, 4) is 0 Å². The van der Waals surface area contributed by atoms with E-state index in [9.17, 15) is 13.2 Å². The highest BCUT2D eigenvalue weighted by Crippen LogP contribution is 2.19. The second kappa shape index (κ2) is 9.32. The Morgan fingerprint density at radius 3 is 2.21 bits per heavy atom. The fraction of sp³-hybridized carbons (Fsp3) is 0.381. The number of nitrogens with two attached hydrogens (primary N) is 1. The van der Waals surface area contributed by atoms with Gasteiger partial charge < -0.3 is 10.6 Å². The average Bonchev–Trinajstić information content (AvgIpc) is 2.66. The molecule has 0 aliphatic carbocycles. The standard InChI is InChI=1S/C21H29N3O3S/c1-15(2)20(17-10-7-6-8-11-17)22-16(3)21(25)23-18-12-9-13-19(14-18)28(26,27)24(4)5/h6-16,20,22H,1-5H3,(H,23,25)/p+1/t16-,20+/m1/s1. The Balaban J connectivity index is 2.12. The Morgan fingerprint density at radius 2 is 1.64 bits per heavy atom. The number of hydrogen-bond donors (Lipinski definition) is 2. The molecule has 152 valence electrons. The zero-order valence-electron chi connectivity index (χ0n) is 17.1. The summed E-state index contributed by atoms with van der Waals surface area (Å²) in [7, 11) is -0.589. The number of nitrogens with one attached hydrogen (secondary N) is 1. The van der Waals surface area contributed by atoms with E-state index in [2.05, 4.69) is 36.6 Å². The molecule has 2 aromatic rings. The van der Waals surface area contributed by atoms with Gasteiger partial charge in [-0.1, -0.05) is 50.2 Å². The Hall–Kier alpha value is -2.22. The quantitative estimate of drug-likeness (QED) is 0.708. The highest BCUT2D eigenvalue weighted by molar-refractivity contribution is 7.89. The molecule has 0 aromatic heterocycles. The molecule has 0 radical (unpaired) electrons. The number of amides is 1. The molecule has 0 bridgehead atoms. The minimum atomic E-state index is -3.55. The summed E-state index contributed by atoms with van der Waals surface area (Å²) in [4.78, 5) is 12.8. The largest absolute Gasteiger partial charge is 0.330 e. The van der Waals surface area contributed by atoms with Gasteiger partial charge in [-0.25, -0.2) is 12.7 Å². The number of hydrogen-bond acceptors (Lipinski definition) is 3. The zero-order chi connectivity index (χ0) is 20.9. The van der Waals surface area contributed by atoms with Gasteiger partial charge in [0.1, 0.15) is 6.04 Å². The smallest absolute Gasteiger partial charge is 0.282 e. The van der Waals surface area contributed by atoms with Crippen molar-refractivity contribution in [2.45, 2.75) is 37.8 Å². The van der Waals surface area contributed by atoms with Crippen LogP contribution >= 0.6 is 0 Å². The maximum Gasteiger partial charge on any atom is 0.282 e. The Kier molecular flexibility index (Phi) is 7.35. The van der Waals surface area contributed by atoms with Gasteiger partial charge in [-0.2, -0.15) is 0 Å². The molecular weight excluding hydrogens is 374 g/mol. The number of rotatable bonds is 8. The molecule has 2 aromatic carbocycles. The number of quaternary nitrogens is 1. The van der Waals surface area contributed by atoms with Gasteiger partial charge in [0.05, 0.1) is 4.90 Å². The molecule has 0 fully saturated rings. The number of nitrogens with zero attached hydrogens (tertiary/aromatic N) is 1. The molecule has 1 amide bonds. The van der Waals surface area contributed by atoms with Crippen LogP contribution in [-0.4, -0.2) is 38.8 Å². The predicted molar refractivity (Wildman–Crippen MR) is 111 cm³/mol. The summed E-state index contributed by atoms with van der Waals surface area (Å²) < 4.78 is 25.7. The first-order valence-electron chi connectivity index (χ1n) is 9.36. The lowest BCUT2D eigenvalue weighted by molar-refractivity contribution is -0.718. The van der Waals surface area contributed by atoms with Crippen LogP contribution in [-0.2, 0) is 14.8 Å². The van der Waals surface area contributed by atoms with Crippen molar-refractivity contribution in [1.29, 1.82) is 0 Å². The molecule has 0 saturated heterocycles. The summed E-state index contributed by atoms with van der Waals surface area (Å²) in [5.74, 6) is 0.187. The van der Waals surface area contributed by atoms with Crippen molar-refractivity contribution >= 4 is 21.6 Å². The van der Waals surface area contributed by atoms with E-state index in [4.69, 9.17) is 0 Å². The fourth-order valence-electron chi connectivity index (χ4n) is 2.99. The highest BCUT2D eigenvalue weighted by Gasteiger charge is 2.26. The number of benzene rings is 2. The molecule has 0 unspecified atom stereocenters. The molecule has 0 saturated carbocycles. The van der Waals surface area contributed by atoms with Crippen LogP contribution in [0.1, 0.15) is 32.4 Å². The molecule has 3 N–H and O–H groups in total. The lowest BCUT2D eigenvalue weighted by Crippen LogP contribution is -2.93. The first-order valence-corrected chi connectivity index (χ1v) is 10.8. The van der Waals surface area contributed by atoms with Crippen LogP contribution in [0.15, 0.2) is 59.5 Å². The maximum absolute atomic E-state index is 12.7. The molecule has 0 aliphatic rings. The third-order valence-electron chi connectivity index (χ3n) is 4.69. The number of carbonyl (C=O) groups excluding carboxylic acids is 1. The molecular formula is C21H30N3O3S+. The summed E-state index contributed by atoms with van der Waals surface area (Å²) >= 11 is 0. The van der Waals surface area contributed by atoms with E-state index >= 15 is 0 Å². The first kappa shape index (κ1) is 22.1. The fourth-order valence-corrected chi connectivity index (χ4v) is 3.94. The van der Waals surface area contributed by atoms with Crippen LogP contribution in [0, 0.1) is 5.92 Å². The van der Waals surface area contributed by atoms with Gasteiger partial charge in [-0.15, -0.1) is 0 Å². The summed E-state index contributed by atoms with van der Waals surface area (Å²) in [6, 6.07) is 16.3. The minimum Gasteiger partial charge on any atom is -0.330 e. The van der Waals surface area contributed by atoms with E-state index in [0.717, 1.165) is 4.31 Å². The third-order valence-corrected chi connectivity index (χ3v) is 6.50. The molecule has 6 nitrogen and oxygen atoms in total. The van der Waals surface area contributed by atoms with Gasteiger partial charge in [0.2, 0.25) is 10.0 Å². The maximum atomic E-state index is 12.7. The van der Waals surface area contributed by atoms with E-state index in [0.29, 0.717) is 11.6 Å². The second-order valence-electron chi connectivity index (χ2n) is 7.47. The lowest BCUT2D eigenvalue weighted by Gasteiger charge is -2.23. The molecule has 0 heterocycles. The molecule has 28 heavy (non-hydrogen) atoms. The SMILES string of the molecule is CC(C)[C@H]([NH2+][C@H](C)C(=O)Nc1cccc(S(=O)(=O)N(C)C)c1)c1ccccc1. The monoisotopic (exact) mass is 404 g/mol. The van der Waals surface area contributed by atoms with Crippen LogP contribution < -0.4 is 10.6 Å². The molecule has 2 rings (SSSR count). The van der Waals surface area contributed by atoms with Crippen molar-refractivity contribution in [2.24, 2.45) is 5.92 Å². The average molecular weight is 405 g/mol. The van der Waals surface area contributed by atoms with Gasteiger partial charge in [0.15, 0.2) is 6.04 Å². The van der Waals surface area contributed by atoms with Crippen LogP contribution in [0.2, 0.25) is 0 Å². The third kappa shape index (κ3) is 5.41. The van der Waals surface area contributed by atoms with E-state index < -0.39 is 10.0 Å². The molecule has 7 heteroatoms. The van der Waals surface area contributed by atoms with E-state index in [1.807, 2.05) is 25.1 Å². The minimum absolute atomic E-state index is 0.149. The van der Waals surface area contributed by atoms with Gasteiger partial charge in [-0.05, 0) is 25.1 Å². The number of anilines is 1. The summed E-state index contributed by atoms with van der Waals surface area (Å²) in [5, 5.41) is 4.89. The van der Waals surface area contributed by atoms with Crippen LogP contribution in [0.4, 0.5) is 5.69 Å². The first-order chi connectivity index (χ1) is 13.1. The van der Waals surface area contributed by atoms with Gasteiger partial charge >= 0.3 is 0 Å². The summed E-state index contributed by atoms with van der Waals surface area (Å²) in [6.45, 7) is 6.12. The zero-order valence-corrected chi connectivity index (χ0v) is 17.9. The van der Waals surface area contributed by atoms with Crippen molar-refractivity contribution in [1.82, 2.24) is 4.31 Å². The van der Waals surface area contributed by atoms with Crippen molar-refractivity contribution < 1.29 is 18.5 Å². The predicted octanol–water partition coefficient (Wildman–Crippen LogP) is 2.22. The summed E-state index contributed by atoms with van der Waals surface area (Å²) in [6.07, 6.45) is 0. The number of sulfonamides is 1. The van der Waals surface area contributed by atoms with Crippen LogP contribution in [0.5, 0.6) is 0 Å². The van der Waals surface area contributed by atoms with Gasteiger partial charge in [-0.3, -0.25) is 4.79 Å². The Morgan fingerprint density at radius 1 is 1.00 bits per heavy atom. The number of carbonyl (C=O) groups is 1. The van der Waals surface area contributed by atoms with Crippen molar-refractivity contribution in [3.05, 3.63) is 60.2 Å². The van der Waals surface area contributed by atoms with E-state index in [1.54, 1.807) is 12.1 Å². The van der Waals surface area contributed by atoms with Crippen molar-refractivity contribution in [2.75, 3.05) is 19.4 Å². The Labute approximate surface area is 168 Å². The Bertz CT molecular complexity index is 896. The highest BCUT2D eigenvalue weighted by atomic mass is 32.2. The lowest BCUT2D eigenvalue weighted by atomic mass is 9.95. The molecule has 0 aliphatic heterocycles. The molecule has 0 spiro atoms. The van der Waals surface area contributed by atoms with Gasteiger partial charge in [0, 0.05) is 31.3 Å². The van der Waals surface area contributed by atoms with Crippen molar-refractivity contribution in [3.63, 3.8) is 0 Å². The second-order valence-corrected chi connectivity index (χ2v) is 9.62. The topological polar surface area (TPSA) is 83.1 Å².